The number of rotatable bonds is 10. The lowest BCUT2D eigenvalue weighted by Gasteiger charge is -2.24. The van der Waals surface area contributed by atoms with Crippen LogP contribution in [0.2, 0.25) is 0 Å². The molecule has 2 aromatic carbocycles. The number of methoxy groups -OCH3 is 3. The molecular weight excluding hydrogens is 404 g/mol. The lowest BCUT2D eigenvalue weighted by Crippen LogP contribution is -2.37. The van der Waals surface area contributed by atoms with E-state index in [4.69, 9.17) is 19.9 Å². The zero-order valence-electron chi connectivity index (χ0n) is 16.3. The van der Waals surface area contributed by atoms with Crippen LogP contribution in [-0.2, 0) is 16.4 Å². The predicted molar refractivity (Wildman–Crippen MR) is 111 cm³/mol. The number of halogens is 1. The molecule has 0 saturated heterocycles. The number of nitrogens with two attached hydrogens (primary N) is 1. The van der Waals surface area contributed by atoms with E-state index in [1.165, 1.54) is 37.8 Å². The van der Waals surface area contributed by atoms with Crippen molar-refractivity contribution >= 4 is 22.4 Å². The van der Waals surface area contributed by atoms with Gasteiger partial charge >= 0.3 is 0 Å². The molecule has 0 spiro atoms. The number of ether oxygens (including phenoxy) is 3. The Kier molecular flexibility index (Phi) is 9.54. The molecule has 7 nitrogen and oxygen atoms in total. The van der Waals surface area contributed by atoms with Crippen LogP contribution in [-0.4, -0.2) is 53.7 Å². The van der Waals surface area contributed by atoms with Crippen LogP contribution >= 0.6 is 12.4 Å². The maximum atomic E-state index is 13.4. The molecule has 156 valence electrons. The molecule has 0 radical (unpaired) electrons. The van der Waals surface area contributed by atoms with Crippen LogP contribution in [0.3, 0.4) is 0 Å². The summed E-state index contributed by atoms with van der Waals surface area (Å²) in [5.74, 6) is 0.762. The van der Waals surface area contributed by atoms with E-state index in [2.05, 4.69) is 0 Å². The predicted octanol–water partition coefficient (Wildman–Crippen LogP) is 2.33. The Labute approximate surface area is 172 Å². The zero-order valence-corrected chi connectivity index (χ0v) is 17.9. The molecule has 0 aliphatic carbocycles. The van der Waals surface area contributed by atoms with Crippen LogP contribution in [0.4, 0.5) is 0 Å². The first-order chi connectivity index (χ1) is 13.0. The highest BCUT2D eigenvalue weighted by Gasteiger charge is 2.31. The Morgan fingerprint density at radius 1 is 0.929 bits per heavy atom. The lowest BCUT2D eigenvalue weighted by atomic mass is 10.1. The minimum Gasteiger partial charge on any atom is -0.496 e. The minimum atomic E-state index is -3.90. The van der Waals surface area contributed by atoms with E-state index in [0.717, 1.165) is 5.56 Å². The van der Waals surface area contributed by atoms with Gasteiger partial charge in [0.15, 0.2) is 4.90 Å². The highest BCUT2D eigenvalue weighted by Crippen LogP contribution is 2.39. The molecular formula is C19H27ClN2O5S. The van der Waals surface area contributed by atoms with Crippen molar-refractivity contribution in [1.29, 1.82) is 0 Å². The molecule has 0 aliphatic rings. The van der Waals surface area contributed by atoms with Crippen LogP contribution in [0.1, 0.15) is 5.56 Å². The molecule has 0 amide bonds. The highest BCUT2D eigenvalue weighted by molar-refractivity contribution is 7.89. The summed E-state index contributed by atoms with van der Waals surface area (Å²) in [7, 11) is 0.407. The monoisotopic (exact) mass is 430 g/mol. The van der Waals surface area contributed by atoms with Gasteiger partial charge < -0.3 is 19.9 Å². The van der Waals surface area contributed by atoms with E-state index < -0.39 is 10.0 Å². The zero-order chi connectivity index (χ0) is 19.9. The van der Waals surface area contributed by atoms with Crippen LogP contribution < -0.4 is 19.9 Å². The van der Waals surface area contributed by atoms with Crippen LogP contribution in [0.15, 0.2) is 47.4 Å². The molecule has 0 heterocycles. The molecule has 0 bridgehead atoms. The summed E-state index contributed by atoms with van der Waals surface area (Å²) in [6.07, 6.45) is 0.570. The highest BCUT2D eigenvalue weighted by atomic mass is 35.5. The van der Waals surface area contributed by atoms with E-state index >= 15 is 0 Å². The maximum absolute atomic E-state index is 13.4. The van der Waals surface area contributed by atoms with Crippen molar-refractivity contribution in [3.8, 4) is 17.2 Å². The topological polar surface area (TPSA) is 91.1 Å². The third kappa shape index (κ3) is 5.51. The van der Waals surface area contributed by atoms with Crippen LogP contribution in [0.5, 0.6) is 17.2 Å². The van der Waals surface area contributed by atoms with Crippen molar-refractivity contribution in [3.63, 3.8) is 0 Å². The fourth-order valence-corrected chi connectivity index (χ4v) is 4.48. The SMILES string of the molecule is COc1cc(OC)c(S(=O)(=O)N(CCN)CCc2ccccc2)c(OC)c1.Cl. The van der Waals surface area contributed by atoms with E-state index in [9.17, 15) is 8.42 Å². The van der Waals surface area contributed by atoms with Gasteiger partial charge in [0.2, 0.25) is 0 Å². The lowest BCUT2D eigenvalue weighted by molar-refractivity contribution is 0.352. The van der Waals surface area contributed by atoms with Gasteiger partial charge in [-0.1, -0.05) is 30.3 Å². The molecule has 0 unspecified atom stereocenters. The third-order valence-electron chi connectivity index (χ3n) is 4.14. The number of nitrogens with zero attached hydrogens (tertiary/aromatic N) is 1. The van der Waals surface area contributed by atoms with Gasteiger partial charge in [-0.05, 0) is 12.0 Å². The second-order valence-corrected chi connectivity index (χ2v) is 7.66. The second kappa shape index (κ2) is 11.1. The van der Waals surface area contributed by atoms with Crippen molar-refractivity contribution in [1.82, 2.24) is 4.31 Å². The quantitative estimate of drug-likeness (QED) is 0.622. The Balaban J connectivity index is 0.00000392. The summed E-state index contributed by atoms with van der Waals surface area (Å²) < 4.78 is 43.9. The summed E-state index contributed by atoms with van der Waals surface area (Å²) in [5.41, 5.74) is 6.72. The van der Waals surface area contributed by atoms with Gasteiger partial charge in [0, 0.05) is 31.8 Å². The molecule has 0 aliphatic heterocycles. The smallest absolute Gasteiger partial charge is 0.250 e. The largest absolute Gasteiger partial charge is 0.496 e. The number of sulfonamides is 1. The molecule has 0 saturated carbocycles. The average Bonchev–Trinajstić information content (AvgIpc) is 2.70. The van der Waals surface area contributed by atoms with E-state index in [1.54, 1.807) is 0 Å². The van der Waals surface area contributed by atoms with Crippen molar-refractivity contribution in [2.45, 2.75) is 11.3 Å². The van der Waals surface area contributed by atoms with Crippen molar-refractivity contribution < 1.29 is 22.6 Å². The molecule has 0 aromatic heterocycles. The van der Waals surface area contributed by atoms with Crippen molar-refractivity contribution in [2.75, 3.05) is 41.0 Å². The van der Waals surface area contributed by atoms with Gasteiger partial charge in [-0.3, -0.25) is 0 Å². The van der Waals surface area contributed by atoms with E-state index in [0.29, 0.717) is 18.7 Å². The number of hydrogen-bond acceptors (Lipinski definition) is 6. The summed E-state index contributed by atoms with van der Waals surface area (Å²) in [5, 5.41) is 0. The Morgan fingerprint density at radius 2 is 1.50 bits per heavy atom. The standard InChI is InChI=1S/C19H26N2O5S.ClH/c1-24-16-13-17(25-2)19(18(14-16)26-3)27(22,23)21(12-10-20)11-9-15-7-5-4-6-8-15;/h4-8,13-14H,9-12,20H2,1-3H3;1H. The van der Waals surface area contributed by atoms with Gasteiger partial charge in [0.05, 0.1) is 21.3 Å². The Morgan fingerprint density at radius 3 is 1.96 bits per heavy atom. The average molecular weight is 431 g/mol. The summed E-state index contributed by atoms with van der Waals surface area (Å²) in [6.45, 7) is 0.685. The van der Waals surface area contributed by atoms with Gasteiger partial charge in [0.1, 0.15) is 17.2 Å². The van der Waals surface area contributed by atoms with Gasteiger partial charge in [-0.2, -0.15) is 4.31 Å². The molecule has 9 heteroatoms. The first-order valence-corrected chi connectivity index (χ1v) is 9.96. The summed E-state index contributed by atoms with van der Waals surface area (Å²) in [6, 6.07) is 12.7. The normalized spacial score (nSPS) is 11.0. The minimum absolute atomic E-state index is 0. The van der Waals surface area contributed by atoms with Crippen molar-refractivity contribution in [2.24, 2.45) is 5.73 Å². The number of hydrogen-bond donors (Lipinski definition) is 1. The van der Waals surface area contributed by atoms with E-state index in [-0.39, 0.29) is 41.9 Å². The fraction of sp³-hybridized carbons (Fsp3) is 0.368. The Bertz CT molecular complexity index is 822. The molecule has 2 N–H and O–H groups in total. The molecule has 0 atom stereocenters. The van der Waals surface area contributed by atoms with Gasteiger partial charge in [-0.25, -0.2) is 8.42 Å². The van der Waals surface area contributed by atoms with Crippen LogP contribution in [0, 0.1) is 0 Å². The van der Waals surface area contributed by atoms with E-state index in [1.807, 2.05) is 30.3 Å². The molecule has 2 aromatic rings. The number of benzene rings is 2. The molecule has 2 rings (SSSR count). The Hall–Kier alpha value is -2.00. The first kappa shape index (κ1) is 24.0. The second-order valence-electron chi connectivity index (χ2n) is 5.79. The summed E-state index contributed by atoms with van der Waals surface area (Å²) >= 11 is 0. The van der Waals surface area contributed by atoms with Gasteiger partial charge in [0.25, 0.3) is 10.0 Å². The van der Waals surface area contributed by atoms with Crippen LogP contribution in [0.25, 0.3) is 0 Å². The fourth-order valence-electron chi connectivity index (χ4n) is 2.75. The molecule has 28 heavy (non-hydrogen) atoms. The van der Waals surface area contributed by atoms with Gasteiger partial charge in [-0.15, -0.1) is 12.4 Å². The summed E-state index contributed by atoms with van der Waals surface area (Å²) in [4.78, 5) is -0.0326. The third-order valence-corrected chi connectivity index (χ3v) is 6.10. The first-order valence-electron chi connectivity index (χ1n) is 8.52. The maximum Gasteiger partial charge on any atom is 0.250 e. The molecule has 0 fully saturated rings. The van der Waals surface area contributed by atoms with Crippen molar-refractivity contribution in [3.05, 3.63) is 48.0 Å².